The zero-order chi connectivity index (χ0) is 82.8. The van der Waals surface area contributed by atoms with E-state index >= 15 is 0 Å². The first-order valence-corrected chi connectivity index (χ1v) is 40.1. The molecular weight excluding hydrogens is 1440 g/mol. The lowest BCUT2D eigenvalue weighted by Crippen LogP contribution is -2.44. The van der Waals surface area contributed by atoms with E-state index in [2.05, 4.69) is 66.5 Å². The Morgan fingerprint density at radius 3 is 1.04 bits per heavy atom. The highest BCUT2D eigenvalue weighted by Gasteiger charge is 2.50. The van der Waals surface area contributed by atoms with Crippen molar-refractivity contribution in [3.63, 3.8) is 0 Å². The van der Waals surface area contributed by atoms with Crippen molar-refractivity contribution in [1.29, 1.82) is 0 Å². The van der Waals surface area contributed by atoms with Gasteiger partial charge in [0.05, 0.1) is 47.5 Å². The smallest absolute Gasteiger partial charge is 0.334 e. The second-order valence-electron chi connectivity index (χ2n) is 32.7. The van der Waals surface area contributed by atoms with Crippen LogP contribution in [0.15, 0.2) is 203 Å². The molecule has 6 unspecified atom stereocenters. The van der Waals surface area contributed by atoms with E-state index < -0.39 is 48.1 Å². The number of ether oxygens (including phenoxy) is 12. The molecule has 0 saturated carbocycles. The standard InChI is InChI=1S/C25H34O6.C24H32O5.C23H30O5.C20H22O5/c1-13(2)25(28,14(3)4)12-22(26)31-20-9-15(5)8-19-10-18(24(27)30-19)11-21-23(20)16(6)17(7)29-21;1-6-8-9-17(7-2)23(25)29-20-11-14(3)10-19-12-18(24(26)28-19)13-21-22(20)15(4)16(5)27-21;1-6-7-8-14(3)22(24)28-19-10-13(2)9-18-11-17(23(25)27-18)12-20-21(19)15(4)16(5)26-20;1-5-6-18(21)25-16-8-11(2)7-15-9-14(20(22)24-15)10-17-19(16)12(3)13(4)23-17/h9-10,13-14,19-21,23,28H,6-8,11-12H2,1-5H3;11-12,17,19-22H,4-10,13H2,1-3H3;10-11,14,18-21H,4-9,12H2,1-3H3;5-6,8-9,15-17,19H,3-4,7,10H2,1-2H3/b15-9+;14-11+;13-10+;6-5+,11-8+/t19-,20-,21?,23+;17?,19-,20-,21?,22+;14?,18-,19-,20?,21+;15-,16-,17?,19+/m1111/s1. The fourth-order valence-electron chi connectivity index (χ4n) is 16.7. The molecule has 4 saturated heterocycles. The molecule has 4 fully saturated rings. The summed E-state index contributed by atoms with van der Waals surface area (Å²) in [5.41, 5.74) is 7.91. The fourth-order valence-corrected chi connectivity index (χ4v) is 16.7. The van der Waals surface area contributed by atoms with Gasteiger partial charge in [0.15, 0.2) is 0 Å². The lowest BCUT2D eigenvalue weighted by molar-refractivity contribution is -0.160. The number of esters is 8. The number of aliphatic hydroxyl groups is 1. The Labute approximate surface area is 667 Å². The Hall–Kier alpha value is -9.50. The van der Waals surface area contributed by atoms with Crippen molar-refractivity contribution in [2.75, 3.05) is 0 Å². The van der Waals surface area contributed by atoms with Crippen LogP contribution in [0.3, 0.4) is 0 Å². The minimum atomic E-state index is -1.16. The van der Waals surface area contributed by atoms with Crippen molar-refractivity contribution >= 4 is 47.8 Å². The quantitative estimate of drug-likeness (QED) is 0.0578. The van der Waals surface area contributed by atoms with E-state index in [4.69, 9.17) is 56.8 Å². The summed E-state index contributed by atoms with van der Waals surface area (Å²) in [7, 11) is 0. The van der Waals surface area contributed by atoms with Crippen LogP contribution >= 0.6 is 0 Å². The molecule has 0 aromatic carbocycles. The molecule has 0 radical (unpaired) electrons. The molecule has 21 nitrogen and oxygen atoms in total. The topological polar surface area (TPSA) is 268 Å². The number of hydrogen-bond donors (Lipinski definition) is 1. The minimum absolute atomic E-state index is 0.104. The number of hydrogen-bond acceptors (Lipinski definition) is 21. The fraction of sp³-hybridized carbons (Fsp3) is 0.543. The summed E-state index contributed by atoms with van der Waals surface area (Å²) in [6.07, 6.45) is 23.5. The summed E-state index contributed by atoms with van der Waals surface area (Å²) >= 11 is 0. The highest BCUT2D eigenvalue weighted by Crippen LogP contribution is 2.48. The van der Waals surface area contributed by atoms with Gasteiger partial charge in [-0.1, -0.05) is 162 Å². The van der Waals surface area contributed by atoms with Gasteiger partial charge in [-0.3, -0.25) is 14.4 Å². The maximum Gasteiger partial charge on any atom is 0.334 e. The molecule has 0 aromatic heterocycles. The number of carbonyl (C=O) groups is 8. The van der Waals surface area contributed by atoms with Crippen LogP contribution in [0, 0.1) is 47.3 Å². The number of carbonyl (C=O) groups excluding carboxylic acids is 8. The maximum absolute atomic E-state index is 13.0. The number of allylic oxidation sites excluding steroid dienone is 5. The van der Waals surface area contributed by atoms with Gasteiger partial charge in [0.2, 0.25) is 0 Å². The largest absolute Gasteiger partial charge is 0.490 e. The molecule has 8 heterocycles. The van der Waals surface area contributed by atoms with E-state index in [1.165, 1.54) is 6.08 Å². The first-order chi connectivity index (χ1) is 53.4. The Morgan fingerprint density at radius 2 is 0.743 bits per heavy atom. The molecule has 8 bridgehead atoms. The van der Waals surface area contributed by atoms with Gasteiger partial charge in [-0.2, -0.15) is 0 Å². The van der Waals surface area contributed by atoms with Crippen LogP contribution in [0.5, 0.6) is 0 Å². The Balaban J connectivity index is 0.000000173. The van der Waals surface area contributed by atoms with Crippen LogP contribution < -0.4 is 0 Å². The van der Waals surface area contributed by atoms with E-state index in [0.717, 1.165) is 78.4 Å². The molecule has 612 valence electrons. The molecule has 21 heteroatoms. The van der Waals surface area contributed by atoms with Crippen molar-refractivity contribution in [3.8, 4) is 0 Å². The van der Waals surface area contributed by atoms with Crippen LogP contribution in [0.2, 0.25) is 0 Å². The van der Waals surface area contributed by atoms with Crippen LogP contribution in [-0.4, -0.2) is 132 Å². The average Bonchev–Trinajstić information content (AvgIpc) is 1.67. The summed E-state index contributed by atoms with van der Waals surface area (Å²) in [4.78, 5) is 99.4. The monoisotopic (exact) mass is 1560 g/mol. The highest BCUT2D eigenvalue weighted by molar-refractivity contribution is 5.93. The number of fused-ring (bicyclic) bond motifs is 8. The van der Waals surface area contributed by atoms with Gasteiger partial charge < -0.3 is 61.9 Å². The summed E-state index contributed by atoms with van der Waals surface area (Å²) in [5.74, 6) is -2.33. The number of unbranched alkanes of at least 4 members (excludes halogenated alkanes) is 2. The third kappa shape index (κ3) is 21.3. The minimum Gasteiger partial charge on any atom is -0.490 e. The molecule has 0 amide bonds. The zero-order valence-corrected chi connectivity index (χ0v) is 68.4. The van der Waals surface area contributed by atoms with E-state index in [1.54, 1.807) is 13.0 Å². The molecule has 1 N–H and O–H groups in total. The van der Waals surface area contributed by atoms with Gasteiger partial charge in [-0.15, -0.1) is 0 Å². The molecular formula is C92H118O21. The normalized spacial score (nSPS) is 32.0. The maximum atomic E-state index is 13.0. The van der Waals surface area contributed by atoms with Gasteiger partial charge in [-0.05, 0) is 137 Å². The van der Waals surface area contributed by atoms with Crippen molar-refractivity contribution in [3.05, 3.63) is 203 Å². The van der Waals surface area contributed by atoms with Crippen LogP contribution in [0.25, 0.3) is 0 Å². The summed E-state index contributed by atoms with van der Waals surface area (Å²) in [6.45, 7) is 57.4. The van der Waals surface area contributed by atoms with Crippen molar-refractivity contribution < 1.29 is 100 Å². The van der Waals surface area contributed by atoms with Crippen molar-refractivity contribution in [2.24, 2.45) is 47.3 Å². The highest BCUT2D eigenvalue weighted by atomic mass is 16.6. The van der Waals surface area contributed by atoms with Crippen molar-refractivity contribution in [1.82, 2.24) is 0 Å². The first kappa shape index (κ1) is 87.5. The Morgan fingerprint density at radius 1 is 0.442 bits per heavy atom. The molecule has 113 heavy (non-hydrogen) atoms. The van der Waals surface area contributed by atoms with Crippen molar-refractivity contribution in [2.45, 2.75) is 272 Å². The summed E-state index contributed by atoms with van der Waals surface area (Å²) < 4.78 is 69.0. The van der Waals surface area contributed by atoms with Gasteiger partial charge in [0, 0.05) is 79.7 Å². The SMILES string of the molecule is C=C1OC2CC3=C[C@@H](C/C(C)=C/[C@@H](OC(=O)/C=C/C)[C@@H]2C1=C)OC3=O.C=C1OC2CC3=C[C@@H](C/C(C)=C/[C@@H](OC(=O)C(C)CCCC)[C@@H]2C1=C)OC3=O.C=C1OC2CC3=C[C@@H](C/C(C)=C/[C@@H](OC(=O)C(CC)CCCC)[C@@H]2C1=C)OC3=O.C=C1OC2CC3=C[C@@H](C/C(C)=C/[C@@H](OC(=O)CC(O)(C(C)C)C(C)C)[C@@H]2C1=C)OC3=O. The Bertz CT molecular complexity index is 4100. The molecule has 8 aliphatic heterocycles. The summed E-state index contributed by atoms with van der Waals surface area (Å²) in [5, 5.41) is 11.1. The predicted octanol–water partition coefficient (Wildman–Crippen LogP) is 16.4. The third-order valence-electron chi connectivity index (χ3n) is 23.3. The van der Waals surface area contributed by atoms with Gasteiger partial charge >= 0.3 is 47.8 Å². The molecule has 12 aliphatic rings. The van der Waals surface area contributed by atoms with Crippen LogP contribution in [0.4, 0.5) is 0 Å². The van der Waals surface area contributed by atoms with E-state index in [0.29, 0.717) is 108 Å². The average molecular weight is 1560 g/mol. The second-order valence-corrected chi connectivity index (χ2v) is 32.7. The molecule has 0 aromatic rings. The van der Waals surface area contributed by atoms with E-state index in [-0.39, 0.29) is 132 Å². The van der Waals surface area contributed by atoms with E-state index in [1.807, 2.05) is 118 Å². The first-order valence-electron chi connectivity index (χ1n) is 40.1. The van der Waals surface area contributed by atoms with Gasteiger partial charge in [-0.25, -0.2) is 24.0 Å². The molecule has 12 rings (SSSR count). The summed E-state index contributed by atoms with van der Waals surface area (Å²) in [6, 6.07) is 0. The van der Waals surface area contributed by atoms with Crippen LogP contribution in [-0.2, 0) is 95.2 Å². The van der Waals surface area contributed by atoms with E-state index in [9.17, 15) is 43.5 Å². The molecule has 18 atom stereocenters. The second kappa shape index (κ2) is 38.1. The lowest BCUT2D eigenvalue weighted by atomic mass is 9.78. The van der Waals surface area contributed by atoms with Gasteiger partial charge in [0.1, 0.15) is 96.3 Å². The molecule has 4 aliphatic carbocycles. The Kier molecular flexibility index (Phi) is 29.5. The third-order valence-corrected chi connectivity index (χ3v) is 23.3. The number of rotatable bonds is 18. The predicted molar refractivity (Wildman–Crippen MR) is 426 cm³/mol. The van der Waals surface area contributed by atoms with Crippen LogP contribution in [0.1, 0.15) is 193 Å². The molecule has 0 spiro atoms. The van der Waals surface area contributed by atoms with Gasteiger partial charge in [0.25, 0.3) is 0 Å². The zero-order valence-electron chi connectivity index (χ0n) is 68.4. The lowest BCUT2D eigenvalue weighted by Gasteiger charge is -2.36.